The predicted octanol–water partition coefficient (Wildman–Crippen LogP) is 2.63. The Morgan fingerprint density at radius 3 is 2.27 bits per heavy atom. The number of hydrogen-bond acceptors (Lipinski definition) is 4. The fraction of sp³-hybridized carbons (Fsp3) is 0.632. The summed E-state index contributed by atoms with van der Waals surface area (Å²) in [6.07, 6.45) is 2.53. The molecule has 5 nitrogen and oxygen atoms in total. The summed E-state index contributed by atoms with van der Waals surface area (Å²) in [5.41, 5.74) is 8.59. The van der Waals surface area contributed by atoms with Crippen molar-refractivity contribution < 1.29 is 9.53 Å². The van der Waals surface area contributed by atoms with Crippen molar-refractivity contribution in [1.82, 2.24) is 4.90 Å². The molecular weight excluding hydrogens is 373 g/mol. The number of methoxy groups -OCH3 is 1. The lowest BCUT2D eigenvalue weighted by atomic mass is 9.83. The molecule has 0 spiro atoms. The van der Waals surface area contributed by atoms with Gasteiger partial charge in [0.15, 0.2) is 0 Å². The Bertz CT molecular complexity index is 562. The molecule has 3 atom stereocenters. The average Bonchev–Trinajstić information content (AvgIpc) is 2.62. The van der Waals surface area contributed by atoms with Gasteiger partial charge >= 0.3 is 0 Å². The fourth-order valence-electron chi connectivity index (χ4n) is 3.85. The number of carbonyl (C=O) groups is 1. The summed E-state index contributed by atoms with van der Waals surface area (Å²) in [5, 5.41) is 0. The van der Waals surface area contributed by atoms with Crippen LogP contribution in [0.5, 0.6) is 0 Å². The van der Waals surface area contributed by atoms with E-state index in [0.717, 1.165) is 45.4 Å². The Morgan fingerprint density at radius 1 is 1.08 bits per heavy atom. The number of benzene rings is 1. The number of rotatable bonds is 3. The molecule has 1 aliphatic carbocycles. The van der Waals surface area contributed by atoms with E-state index in [4.69, 9.17) is 10.5 Å². The van der Waals surface area contributed by atoms with Gasteiger partial charge in [-0.2, -0.15) is 0 Å². The van der Waals surface area contributed by atoms with Gasteiger partial charge in [-0.3, -0.25) is 4.79 Å². The third kappa shape index (κ3) is 5.26. The molecule has 1 amide bonds. The highest BCUT2D eigenvalue weighted by atomic mass is 35.5. The second-order valence-electron chi connectivity index (χ2n) is 7.10. The van der Waals surface area contributed by atoms with Gasteiger partial charge < -0.3 is 20.3 Å². The lowest BCUT2D eigenvalue weighted by molar-refractivity contribution is -0.138. The summed E-state index contributed by atoms with van der Waals surface area (Å²) in [5.74, 6) is 0.355. The van der Waals surface area contributed by atoms with E-state index < -0.39 is 0 Å². The molecule has 3 rings (SSSR count). The van der Waals surface area contributed by atoms with Gasteiger partial charge in [0.1, 0.15) is 0 Å². The molecule has 148 valence electrons. The van der Waals surface area contributed by atoms with Crippen LogP contribution in [0, 0.1) is 12.8 Å². The molecule has 1 saturated heterocycles. The van der Waals surface area contributed by atoms with Gasteiger partial charge in [0.05, 0.1) is 6.10 Å². The zero-order valence-electron chi connectivity index (χ0n) is 15.6. The smallest absolute Gasteiger partial charge is 0.225 e. The van der Waals surface area contributed by atoms with Gasteiger partial charge in [0, 0.05) is 50.9 Å². The molecule has 0 bridgehead atoms. The van der Waals surface area contributed by atoms with Crippen molar-refractivity contribution in [1.29, 1.82) is 0 Å². The fourth-order valence-corrected chi connectivity index (χ4v) is 3.85. The first kappa shape index (κ1) is 23.0. The van der Waals surface area contributed by atoms with Crippen LogP contribution in [-0.2, 0) is 9.53 Å². The van der Waals surface area contributed by atoms with Crippen molar-refractivity contribution in [2.45, 2.75) is 38.3 Å². The summed E-state index contributed by atoms with van der Waals surface area (Å²) in [7, 11) is 1.69. The number of nitrogens with two attached hydrogens (primary N) is 1. The largest absolute Gasteiger partial charge is 0.380 e. The molecule has 0 unspecified atom stereocenters. The molecule has 2 N–H and O–H groups in total. The lowest BCUT2D eigenvalue weighted by Gasteiger charge is -2.39. The summed E-state index contributed by atoms with van der Waals surface area (Å²) >= 11 is 0. The second kappa shape index (κ2) is 10.4. The highest BCUT2D eigenvalue weighted by Gasteiger charge is 2.35. The van der Waals surface area contributed by atoms with Crippen LogP contribution in [0.25, 0.3) is 0 Å². The normalized spacial score (nSPS) is 25.9. The van der Waals surface area contributed by atoms with Gasteiger partial charge in [-0.1, -0.05) is 17.7 Å². The Labute approximate surface area is 169 Å². The predicted molar refractivity (Wildman–Crippen MR) is 111 cm³/mol. The third-order valence-electron chi connectivity index (χ3n) is 5.49. The van der Waals surface area contributed by atoms with Crippen LogP contribution in [0.3, 0.4) is 0 Å². The Kier molecular flexibility index (Phi) is 9.17. The van der Waals surface area contributed by atoms with Crippen molar-refractivity contribution >= 4 is 36.4 Å². The molecule has 2 aliphatic rings. The number of amides is 1. The third-order valence-corrected chi connectivity index (χ3v) is 5.49. The number of hydrogen-bond donors (Lipinski definition) is 1. The van der Waals surface area contributed by atoms with Crippen LogP contribution in [0.1, 0.15) is 24.8 Å². The average molecular weight is 404 g/mol. The Hall–Kier alpha value is -1.01. The second-order valence-corrected chi connectivity index (χ2v) is 7.10. The molecule has 2 fully saturated rings. The first-order chi connectivity index (χ1) is 11.6. The highest BCUT2D eigenvalue weighted by molar-refractivity contribution is 5.85. The van der Waals surface area contributed by atoms with Gasteiger partial charge in [-0.25, -0.2) is 0 Å². The maximum atomic E-state index is 12.8. The van der Waals surface area contributed by atoms with E-state index in [0.29, 0.717) is 0 Å². The number of carbonyl (C=O) groups excluding carboxylic acids is 1. The van der Waals surface area contributed by atoms with Crippen LogP contribution in [0.15, 0.2) is 24.3 Å². The minimum atomic E-state index is 0. The van der Waals surface area contributed by atoms with Crippen molar-refractivity contribution in [3.05, 3.63) is 29.8 Å². The number of nitrogens with zero attached hydrogens (tertiary/aromatic N) is 2. The van der Waals surface area contributed by atoms with E-state index in [1.807, 2.05) is 4.90 Å². The molecule has 1 heterocycles. The number of halogens is 2. The van der Waals surface area contributed by atoms with Crippen molar-refractivity contribution in [3.63, 3.8) is 0 Å². The van der Waals surface area contributed by atoms with E-state index in [9.17, 15) is 4.79 Å². The Balaban J connectivity index is 0.00000169. The molecule has 0 aromatic heterocycles. The highest BCUT2D eigenvalue weighted by Crippen LogP contribution is 2.28. The molecule has 26 heavy (non-hydrogen) atoms. The first-order valence-corrected chi connectivity index (χ1v) is 8.97. The van der Waals surface area contributed by atoms with E-state index in [2.05, 4.69) is 36.1 Å². The number of aryl methyl sites for hydroxylation is 1. The van der Waals surface area contributed by atoms with Crippen LogP contribution in [-0.4, -0.2) is 56.2 Å². The zero-order chi connectivity index (χ0) is 17.1. The van der Waals surface area contributed by atoms with Crippen LogP contribution >= 0.6 is 24.8 Å². The monoisotopic (exact) mass is 403 g/mol. The summed E-state index contributed by atoms with van der Waals surface area (Å²) in [4.78, 5) is 17.2. The molecule has 1 aromatic rings. The number of piperazine rings is 1. The summed E-state index contributed by atoms with van der Waals surface area (Å²) in [6.45, 7) is 5.49. The maximum absolute atomic E-state index is 12.8. The first-order valence-electron chi connectivity index (χ1n) is 8.97. The maximum Gasteiger partial charge on any atom is 0.225 e. The molecule has 1 aromatic carbocycles. The van der Waals surface area contributed by atoms with E-state index in [1.165, 1.54) is 11.3 Å². The minimum Gasteiger partial charge on any atom is -0.380 e. The minimum absolute atomic E-state index is 0. The van der Waals surface area contributed by atoms with Gasteiger partial charge in [0.25, 0.3) is 0 Å². The van der Waals surface area contributed by atoms with Gasteiger partial charge in [0.2, 0.25) is 5.91 Å². The van der Waals surface area contributed by atoms with E-state index in [1.54, 1.807) is 7.11 Å². The van der Waals surface area contributed by atoms with E-state index in [-0.39, 0.29) is 48.8 Å². The quantitative estimate of drug-likeness (QED) is 0.842. The van der Waals surface area contributed by atoms with Gasteiger partial charge in [-0.05, 0) is 38.3 Å². The molecule has 0 radical (unpaired) electrons. The summed E-state index contributed by atoms with van der Waals surface area (Å²) < 4.78 is 5.45. The standard InChI is InChI=1S/C19H29N3O2.2ClH/c1-14-3-6-16(7-4-14)21-9-11-22(12-10-21)19(23)15-5-8-17(20)18(13-15)24-2;;/h3-4,6-7,15,17-18H,5,8-13,20H2,1-2H3;2*1H/t15-,17+,18+;;/m0../s1. The van der Waals surface area contributed by atoms with Crippen molar-refractivity contribution in [3.8, 4) is 0 Å². The molecular formula is C19H31Cl2N3O2. The summed E-state index contributed by atoms with van der Waals surface area (Å²) in [6, 6.07) is 8.68. The van der Waals surface area contributed by atoms with Crippen LogP contribution in [0.4, 0.5) is 5.69 Å². The van der Waals surface area contributed by atoms with E-state index >= 15 is 0 Å². The topological polar surface area (TPSA) is 58.8 Å². The van der Waals surface area contributed by atoms with Gasteiger partial charge in [-0.15, -0.1) is 24.8 Å². The number of ether oxygens (including phenoxy) is 1. The molecule has 1 aliphatic heterocycles. The zero-order valence-corrected chi connectivity index (χ0v) is 17.2. The lowest BCUT2D eigenvalue weighted by Crippen LogP contribution is -2.52. The Morgan fingerprint density at radius 2 is 1.69 bits per heavy atom. The van der Waals surface area contributed by atoms with Crippen LogP contribution in [0.2, 0.25) is 0 Å². The van der Waals surface area contributed by atoms with Crippen molar-refractivity contribution in [2.75, 3.05) is 38.2 Å². The number of anilines is 1. The van der Waals surface area contributed by atoms with Crippen molar-refractivity contribution in [2.24, 2.45) is 11.7 Å². The van der Waals surface area contributed by atoms with Crippen LogP contribution < -0.4 is 10.6 Å². The SMILES string of the molecule is CO[C@@H]1C[C@@H](C(=O)N2CCN(c3ccc(C)cc3)CC2)CC[C@H]1N.Cl.Cl. The molecule has 7 heteroatoms. The molecule has 1 saturated carbocycles.